The van der Waals surface area contributed by atoms with Gasteiger partial charge in [0.05, 0.1) is 17.2 Å². The molecule has 5 nitrogen and oxygen atoms in total. The third kappa shape index (κ3) is 5.09. The van der Waals surface area contributed by atoms with Gasteiger partial charge in [0.1, 0.15) is 11.4 Å². The Morgan fingerprint density at radius 1 is 1.23 bits per heavy atom. The monoisotopic (exact) mass is 376 g/mol. The minimum atomic E-state index is -4.80. The van der Waals surface area contributed by atoms with Crippen LogP contribution in [0.5, 0.6) is 0 Å². The predicted molar refractivity (Wildman–Crippen MR) is 85.9 cm³/mol. The summed E-state index contributed by atoms with van der Waals surface area (Å²) in [4.78, 5) is 25.6. The highest BCUT2D eigenvalue weighted by Gasteiger charge is 2.37. The zero-order valence-electron chi connectivity index (χ0n) is 14.6. The number of hydrogen-bond donors (Lipinski definition) is 1. The van der Waals surface area contributed by atoms with Crippen molar-refractivity contribution in [3.05, 3.63) is 29.6 Å². The lowest BCUT2D eigenvalue weighted by Gasteiger charge is -2.24. The first-order valence-electron chi connectivity index (χ1n) is 8.02. The molecule has 0 aliphatic carbocycles. The van der Waals surface area contributed by atoms with Gasteiger partial charge in [-0.2, -0.15) is 13.2 Å². The van der Waals surface area contributed by atoms with E-state index in [1.807, 2.05) is 0 Å². The fourth-order valence-electron chi connectivity index (χ4n) is 2.56. The molecule has 1 N–H and O–H groups in total. The van der Waals surface area contributed by atoms with Crippen LogP contribution in [0.2, 0.25) is 0 Å². The number of nitrogens with one attached hydrogen (secondary N) is 1. The van der Waals surface area contributed by atoms with Gasteiger partial charge in [-0.25, -0.2) is 9.18 Å². The van der Waals surface area contributed by atoms with Crippen molar-refractivity contribution in [2.45, 2.75) is 39.0 Å². The molecule has 144 valence electrons. The van der Waals surface area contributed by atoms with Crippen LogP contribution >= 0.6 is 0 Å². The van der Waals surface area contributed by atoms with Gasteiger partial charge in [-0.15, -0.1) is 0 Å². The summed E-state index contributed by atoms with van der Waals surface area (Å²) in [5.74, 6) is -2.38. The van der Waals surface area contributed by atoms with E-state index >= 15 is 0 Å². The lowest BCUT2D eigenvalue weighted by atomic mass is 10.1. The summed E-state index contributed by atoms with van der Waals surface area (Å²) in [7, 11) is 0. The average Bonchev–Trinajstić information content (AvgIpc) is 2.96. The van der Waals surface area contributed by atoms with Gasteiger partial charge in [-0.05, 0) is 45.4 Å². The third-order valence-corrected chi connectivity index (χ3v) is 3.76. The molecule has 1 aromatic carbocycles. The molecule has 26 heavy (non-hydrogen) atoms. The Morgan fingerprint density at radius 3 is 2.46 bits per heavy atom. The fraction of sp³-hybridized carbons (Fsp3) is 0.529. The molecule has 1 unspecified atom stereocenters. The topological polar surface area (TPSA) is 58.6 Å². The van der Waals surface area contributed by atoms with Crippen LogP contribution in [-0.2, 0) is 15.7 Å². The molecule has 1 aliphatic heterocycles. The van der Waals surface area contributed by atoms with E-state index in [0.717, 1.165) is 12.1 Å². The number of alkyl halides is 3. The number of likely N-dealkylation sites (tertiary alicyclic amines) is 1. The van der Waals surface area contributed by atoms with Crippen LogP contribution < -0.4 is 5.32 Å². The number of nitrogens with zero attached hydrogens (tertiary/aromatic N) is 1. The molecule has 0 radical (unpaired) electrons. The molecular formula is C17H20F4N2O3. The molecule has 1 heterocycles. The number of ether oxygens (including phenoxy) is 1. The van der Waals surface area contributed by atoms with E-state index < -0.39 is 46.8 Å². The standard InChI is InChI=1S/C17H20F4N2O3/c1-16(2,3)26-15(25)23-7-6-10(9-23)14(24)22-13-5-4-11(18)8-12(13)17(19,20)21/h4-5,8,10H,6-7,9H2,1-3H3,(H,22,24). The lowest BCUT2D eigenvalue weighted by Crippen LogP contribution is -2.36. The first-order chi connectivity index (χ1) is 11.9. The van der Waals surface area contributed by atoms with E-state index in [1.54, 1.807) is 20.8 Å². The number of hydrogen-bond acceptors (Lipinski definition) is 3. The van der Waals surface area contributed by atoms with Crippen molar-refractivity contribution in [2.24, 2.45) is 5.92 Å². The van der Waals surface area contributed by atoms with E-state index in [9.17, 15) is 27.2 Å². The minimum absolute atomic E-state index is 0.0449. The number of carbonyl (C=O) groups is 2. The first kappa shape index (κ1) is 20.0. The van der Waals surface area contributed by atoms with E-state index in [1.165, 1.54) is 4.90 Å². The number of anilines is 1. The van der Waals surface area contributed by atoms with Crippen molar-refractivity contribution in [2.75, 3.05) is 18.4 Å². The van der Waals surface area contributed by atoms with Gasteiger partial charge < -0.3 is 15.0 Å². The van der Waals surface area contributed by atoms with E-state index in [2.05, 4.69) is 5.32 Å². The second-order valence-electron chi connectivity index (χ2n) is 7.09. The van der Waals surface area contributed by atoms with Gasteiger partial charge in [0.2, 0.25) is 5.91 Å². The minimum Gasteiger partial charge on any atom is -0.444 e. The summed E-state index contributed by atoms with van der Waals surface area (Å²) >= 11 is 0. The van der Waals surface area contributed by atoms with E-state index in [4.69, 9.17) is 4.74 Å². The van der Waals surface area contributed by atoms with Crippen LogP contribution in [0.15, 0.2) is 18.2 Å². The van der Waals surface area contributed by atoms with Crippen LogP contribution in [0.3, 0.4) is 0 Å². The van der Waals surface area contributed by atoms with Crippen molar-refractivity contribution in [1.29, 1.82) is 0 Å². The van der Waals surface area contributed by atoms with Crippen LogP contribution in [0, 0.1) is 11.7 Å². The smallest absolute Gasteiger partial charge is 0.418 e. The fourth-order valence-corrected chi connectivity index (χ4v) is 2.56. The Morgan fingerprint density at radius 2 is 1.88 bits per heavy atom. The summed E-state index contributed by atoms with van der Waals surface area (Å²) in [6.45, 7) is 5.43. The first-order valence-corrected chi connectivity index (χ1v) is 8.02. The zero-order chi connectivity index (χ0) is 19.7. The second kappa shape index (κ2) is 7.13. The van der Waals surface area contributed by atoms with Gasteiger partial charge in [0.25, 0.3) is 0 Å². The van der Waals surface area contributed by atoms with Crippen molar-refractivity contribution >= 4 is 17.7 Å². The van der Waals surface area contributed by atoms with Crippen LogP contribution in [0.1, 0.15) is 32.8 Å². The lowest BCUT2D eigenvalue weighted by molar-refractivity contribution is -0.137. The number of rotatable bonds is 2. The molecule has 2 amide bonds. The van der Waals surface area contributed by atoms with E-state index in [-0.39, 0.29) is 13.1 Å². The molecule has 1 fully saturated rings. The predicted octanol–water partition coefficient (Wildman–Crippen LogP) is 4.04. The Kier molecular flexibility index (Phi) is 5.48. The molecule has 9 heteroatoms. The van der Waals surface area contributed by atoms with Crippen molar-refractivity contribution in [1.82, 2.24) is 4.90 Å². The van der Waals surface area contributed by atoms with Crippen LogP contribution in [0.25, 0.3) is 0 Å². The quantitative estimate of drug-likeness (QED) is 0.793. The number of carbonyl (C=O) groups excluding carboxylic acids is 2. The zero-order valence-corrected chi connectivity index (χ0v) is 14.6. The number of amides is 2. The third-order valence-electron chi connectivity index (χ3n) is 3.76. The van der Waals surface area contributed by atoms with Crippen LogP contribution in [-0.4, -0.2) is 35.6 Å². The molecule has 1 atom stereocenters. The van der Waals surface area contributed by atoms with Gasteiger partial charge >= 0.3 is 12.3 Å². The van der Waals surface area contributed by atoms with Crippen molar-refractivity contribution < 1.29 is 31.9 Å². The molecule has 1 aliphatic rings. The van der Waals surface area contributed by atoms with Gasteiger partial charge in [0.15, 0.2) is 0 Å². The van der Waals surface area contributed by atoms with Gasteiger partial charge in [-0.3, -0.25) is 4.79 Å². The van der Waals surface area contributed by atoms with Crippen LogP contribution in [0.4, 0.5) is 28.0 Å². The molecular weight excluding hydrogens is 356 g/mol. The molecule has 2 rings (SSSR count). The summed E-state index contributed by atoms with van der Waals surface area (Å²) < 4.78 is 57.3. The molecule has 0 bridgehead atoms. The molecule has 1 aromatic rings. The summed E-state index contributed by atoms with van der Waals surface area (Å²) in [6.07, 6.45) is -5.08. The van der Waals surface area contributed by atoms with Gasteiger partial charge in [0, 0.05) is 13.1 Å². The maximum Gasteiger partial charge on any atom is 0.418 e. The maximum absolute atomic E-state index is 13.1. The number of benzene rings is 1. The highest BCUT2D eigenvalue weighted by molar-refractivity contribution is 5.94. The Balaban J connectivity index is 2.05. The normalized spacial score (nSPS) is 18.0. The summed E-state index contributed by atoms with van der Waals surface area (Å²) in [6, 6.07) is 2.04. The Labute approximate surface area is 148 Å². The molecule has 0 saturated carbocycles. The number of halogens is 4. The molecule has 0 spiro atoms. The second-order valence-corrected chi connectivity index (χ2v) is 7.09. The Hall–Kier alpha value is -2.32. The SMILES string of the molecule is CC(C)(C)OC(=O)N1CCC(C(=O)Nc2ccc(F)cc2C(F)(F)F)C1. The largest absolute Gasteiger partial charge is 0.444 e. The average molecular weight is 376 g/mol. The Bertz CT molecular complexity index is 698. The van der Waals surface area contributed by atoms with Gasteiger partial charge in [-0.1, -0.05) is 0 Å². The molecule has 1 saturated heterocycles. The van der Waals surface area contributed by atoms with Crippen molar-refractivity contribution in [3.8, 4) is 0 Å². The maximum atomic E-state index is 13.1. The highest BCUT2D eigenvalue weighted by Crippen LogP contribution is 2.35. The molecule has 0 aromatic heterocycles. The van der Waals surface area contributed by atoms with E-state index in [0.29, 0.717) is 12.5 Å². The summed E-state index contributed by atoms with van der Waals surface area (Å²) in [5.41, 5.74) is -2.46. The highest BCUT2D eigenvalue weighted by atomic mass is 19.4. The van der Waals surface area contributed by atoms with Crippen molar-refractivity contribution in [3.63, 3.8) is 0 Å². The summed E-state index contributed by atoms with van der Waals surface area (Å²) in [5, 5.41) is 2.19.